The fourth-order valence-corrected chi connectivity index (χ4v) is 7.95. The van der Waals surface area contributed by atoms with Gasteiger partial charge in [0.2, 0.25) is 11.8 Å². The van der Waals surface area contributed by atoms with Gasteiger partial charge in [-0.1, -0.05) is 27.2 Å². The Morgan fingerprint density at radius 3 is 2.69 bits per heavy atom. The van der Waals surface area contributed by atoms with Crippen molar-refractivity contribution in [2.75, 3.05) is 19.8 Å². The fraction of sp³-hybridized carbons (Fsp3) is 0.857. The molecule has 3 aliphatic heterocycles. The lowest BCUT2D eigenvalue weighted by Gasteiger charge is -2.39. The van der Waals surface area contributed by atoms with Gasteiger partial charge in [-0.05, 0) is 32.1 Å². The van der Waals surface area contributed by atoms with Crippen molar-refractivity contribution in [1.82, 2.24) is 10.2 Å². The molecule has 29 heavy (non-hydrogen) atoms. The monoisotopic (exact) mass is 426 g/mol. The predicted octanol–water partition coefficient (Wildman–Crippen LogP) is 1.57. The highest BCUT2D eigenvalue weighted by atomic mass is 32.2. The second kappa shape index (κ2) is 8.84. The summed E-state index contributed by atoms with van der Waals surface area (Å²) in [7, 11) is 0. The highest BCUT2D eigenvalue weighted by Crippen LogP contribution is 2.68. The molecule has 2 amide bonds. The smallest absolute Gasteiger partial charge is 0.310 e. The van der Waals surface area contributed by atoms with Crippen LogP contribution in [-0.2, 0) is 19.1 Å². The Balaban J connectivity index is 2.03. The van der Waals surface area contributed by atoms with E-state index >= 15 is 0 Å². The van der Waals surface area contributed by atoms with Crippen LogP contribution < -0.4 is 5.32 Å². The summed E-state index contributed by atoms with van der Waals surface area (Å²) in [5, 5.41) is 13.0. The number of hydrogen-bond donors (Lipinski definition) is 2. The number of esters is 1. The average molecular weight is 427 g/mol. The zero-order valence-corrected chi connectivity index (χ0v) is 18.7. The van der Waals surface area contributed by atoms with Crippen molar-refractivity contribution in [3.8, 4) is 0 Å². The highest BCUT2D eigenvalue weighted by Gasteiger charge is 2.76. The summed E-state index contributed by atoms with van der Waals surface area (Å²) >= 11 is 1.64. The number of carbonyl (C=O) groups excluding carboxylic acids is 3. The van der Waals surface area contributed by atoms with Crippen LogP contribution in [0.3, 0.4) is 0 Å². The SMILES string of the molecule is CCCCNC(=O)C1N([C@@H](CC)CO)C(=O)[C@@H]2[C@H](C(=O)OCC)[C@@H]3CC(C)C12S3. The molecule has 0 radical (unpaired) electrons. The molecule has 2 N–H and O–H groups in total. The molecule has 3 unspecified atom stereocenters. The van der Waals surface area contributed by atoms with E-state index in [1.165, 1.54) is 0 Å². The molecular formula is C21H34N2O5S. The molecular weight excluding hydrogens is 392 g/mol. The first-order valence-corrected chi connectivity index (χ1v) is 11.8. The minimum absolute atomic E-state index is 0.000273. The minimum atomic E-state index is -0.668. The number of unbranched alkanes of at least 4 members (excludes halogenated alkanes) is 1. The van der Waals surface area contributed by atoms with Crippen LogP contribution in [-0.4, -0.2) is 69.6 Å². The lowest BCUT2D eigenvalue weighted by Crippen LogP contribution is -2.58. The largest absolute Gasteiger partial charge is 0.466 e. The molecule has 0 aliphatic carbocycles. The second-order valence-corrected chi connectivity index (χ2v) is 9.99. The van der Waals surface area contributed by atoms with Gasteiger partial charge in [0.25, 0.3) is 0 Å². The molecule has 7 nitrogen and oxygen atoms in total. The standard InChI is InChI=1S/C21H34N2O5S/c1-5-8-9-22-18(25)17-21-12(4)10-14(29-21)15(20(27)28-7-3)16(21)19(26)23(17)13(6-2)11-24/h12-17,24H,5-11H2,1-4H3,(H,22,25)/t12?,13-,14-,15+,16-,17?,21?/m0/s1. The number of likely N-dealkylation sites (tertiary alicyclic amines) is 1. The minimum Gasteiger partial charge on any atom is -0.466 e. The van der Waals surface area contributed by atoms with E-state index in [4.69, 9.17) is 4.74 Å². The van der Waals surface area contributed by atoms with Gasteiger partial charge in [0.1, 0.15) is 6.04 Å². The summed E-state index contributed by atoms with van der Waals surface area (Å²) in [5.74, 6) is -1.63. The van der Waals surface area contributed by atoms with Crippen molar-refractivity contribution in [2.24, 2.45) is 17.8 Å². The normalized spacial score (nSPS) is 36.2. The molecule has 0 aromatic heterocycles. The number of nitrogens with zero attached hydrogens (tertiary/aromatic N) is 1. The Bertz CT molecular complexity index is 655. The molecule has 3 aliphatic rings. The molecule has 7 atom stereocenters. The third-order valence-electron chi connectivity index (χ3n) is 6.90. The first kappa shape index (κ1) is 22.4. The Hall–Kier alpha value is -1.28. The Kier molecular flexibility index (Phi) is 6.83. The van der Waals surface area contributed by atoms with E-state index in [0.29, 0.717) is 13.0 Å². The summed E-state index contributed by atoms with van der Waals surface area (Å²) in [6.45, 7) is 8.46. The number of amides is 2. The Morgan fingerprint density at radius 2 is 2.10 bits per heavy atom. The number of hydrogen-bond acceptors (Lipinski definition) is 6. The van der Waals surface area contributed by atoms with E-state index in [0.717, 1.165) is 19.3 Å². The van der Waals surface area contributed by atoms with Crippen molar-refractivity contribution < 1.29 is 24.2 Å². The van der Waals surface area contributed by atoms with E-state index in [1.54, 1.807) is 23.6 Å². The summed E-state index contributed by atoms with van der Waals surface area (Å²) in [5.41, 5.74) is 0. The van der Waals surface area contributed by atoms with Gasteiger partial charge in [0.15, 0.2) is 0 Å². The number of rotatable bonds is 9. The number of thioether (sulfide) groups is 1. The van der Waals surface area contributed by atoms with E-state index in [9.17, 15) is 19.5 Å². The van der Waals surface area contributed by atoms with Crippen LogP contribution in [0.15, 0.2) is 0 Å². The summed E-state index contributed by atoms with van der Waals surface area (Å²) in [6.07, 6.45) is 3.18. The maximum atomic E-state index is 13.7. The van der Waals surface area contributed by atoms with E-state index in [-0.39, 0.29) is 42.2 Å². The van der Waals surface area contributed by atoms with E-state index in [1.807, 2.05) is 6.92 Å². The second-order valence-electron chi connectivity index (χ2n) is 8.44. The Morgan fingerprint density at radius 1 is 1.38 bits per heavy atom. The molecule has 0 saturated carbocycles. The van der Waals surface area contributed by atoms with E-state index < -0.39 is 28.7 Å². The van der Waals surface area contributed by atoms with Crippen LogP contribution in [0.1, 0.15) is 53.4 Å². The molecule has 3 fully saturated rings. The van der Waals surface area contributed by atoms with Crippen LogP contribution in [0.25, 0.3) is 0 Å². The molecule has 2 bridgehead atoms. The van der Waals surface area contributed by atoms with Crippen molar-refractivity contribution >= 4 is 29.5 Å². The van der Waals surface area contributed by atoms with Crippen molar-refractivity contribution in [2.45, 2.75) is 75.5 Å². The number of carbonyl (C=O) groups is 3. The van der Waals surface area contributed by atoms with Crippen molar-refractivity contribution in [3.63, 3.8) is 0 Å². The van der Waals surface area contributed by atoms with Gasteiger partial charge in [-0.2, -0.15) is 0 Å². The lowest BCUT2D eigenvalue weighted by atomic mass is 9.66. The molecule has 0 aromatic carbocycles. The maximum Gasteiger partial charge on any atom is 0.310 e. The summed E-state index contributed by atoms with van der Waals surface area (Å²) in [6, 6.07) is -1.10. The average Bonchev–Trinajstić information content (AvgIpc) is 3.28. The molecule has 3 saturated heterocycles. The van der Waals surface area contributed by atoms with Gasteiger partial charge in [-0.25, -0.2) is 0 Å². The quantitative estimate of drug-likeness (QED) is 0.429. The van der Waals surface area contributed by atoms with Gasteiger partial charge in [0.05, 0.1) is 35.8 Å². The number of aliphatic hydroxyl groups is 1. The van der Waals surface area contributed by atoms with Gasteiger partial charge in [-0.15, -0.1) is 11.8 Å². The third-order valence-corrected chi connectivity index (χ3v) is 8.97. The zero-order valence-electron chi connectivity index (χ0n) is 17.8. The van der Waals surface area contributed by atoms with Gasteiger partial charge < -0.3 is 20.1 Å². The van der Waals surface area contributed by atoms with Crippen LogP contribution in [0, 0.1) is 17.8 Å². The number of aliphatic hydroxyl groups excluding tert-OH is 1. The molecule has 3 rings (SSSR count). The van der Waals surface area contributed by atoms with Crippen LogP contribution >= 0.6 is 11.8 Å². The molecule has 3 heterocycles. The highest BCUT2D eigenvalue weighted by molar-refractivity contribution is 8.02. The van der Waals surface area contributed by atoms with Gasteiger partial charge >= 0.3 is 5.97 Å². The zero-order chi connectivity index (χ0) is 21.3. The topological polar surface area (TPSA) is 95.9 Å². The van der Waals surface area contributed by atoms with Crippen LogP contribution in [0.5, 0.6) is 0 Å². The lowest BCUT2D eigenvalue weighted by molar-refractivity contribution is -0.154. The summed E-state index contributed by atoms with van der Waals surface area (Å²) < 4.78 is 4.68. The van der Waals surface area contributed by atoms with Crippen molar-refractivity contribution in [3.05, 3.63) is 0 Å². The van der Waals surface area contributed by atoms with Gasteiger partial charge in [-0.3, -0.25) is 14.4 Å². The fourth-order valence-electron chi connectivity index (χ4n) is 5.56. The number of ether oxygens (including phenoxy) is 1. The van der Waals surface area contributed by atoms with Crippen LogP contribution in [0.2, 0.25) is 0 Å². The molecule has 164 valence electrons. The number of nitrogens with one attached hydrogen (secondary N) is 1. The maximum absolute atomic E-state index is 13.7. The van der Waals surface area contributed by atoms with Gasteiger partial charge in [0, 0.05) is 11.8 Å². The molecule has 1 spiro atoms. The molecule has 8 heteroatoms. The Labute approximate surface area is 177 Å². The number of fused-ring (bicyclic) bond motifs is 1. The van der Waals surface area contributed by atoms with Crippen molar-refractivity contribution in [1.29, 1.82) is 0 Å². The summed E-state index contributed by atoms with van der Waals surface area (Å²) in [4.78, 5) is 41.4. The van der Waals surface area contributed by atoms with E-state index in [2.05, 4.69) is 19.2 Å². The molecule has 0 aromatic rings. The first-order valence-electron chi connectivity index (χ1n) is 10.9. The third kappa shape index (κ3) is 3.36. The first-order chi connectivity index (χ1) is 13.9. The van der Waals surface area contributed by atoms with Crippen LogP contribution in [0.4, 0.5) is 0 Å². The predicted molar refractivity (Wildman–Crippen MR) is 111 cm³/mol.